The number of methoxy groups -OCH3 is 1. The second kappa shape index (κ2) is 7.03. The van der Waals surface area contributed by atoms with Gasteiger partial charge in [0.2, 0.25) is 5.95 Å². The van der Waals surface area contributed by atoms with Gasteiger partial charge < -0.3 is 14.8 Å². The molecule has 0 saturated carbocycles. The van der Waals surface area contributed by atoms with E-state index in [2.05, 4.69) is 5.32 Å². The molecule has 0 aliphatic carbocycles. The summed E-state index contributed by atoms with van der Waals surface area (Å²) in [6.45, 7) is 5.58. The topological polar surface area (TPSA) is 65.4 Å². The number of anilines is 1. The average Bonchev–Trinajstić information content (AvgIpc) is 3.04. The number of para-hydroxylation sites is 2. The molecule has 144 valence electrons. The third-order valence-electron chi connectivity index (χ3n) is 4.80. The zero-order valence-electron chi connectivity index (χ0n) is 16.4. The summed E-state index contributed by atoms with van der Waals surface area (Å²) in [6.07, 6.45) is -0.209. The first-order valence-corrected chi connectivity index (χ1v) is 9.29. The molecule has 2 heterocycles. The summed E-state index contributed by atoms with van der Waals surface area (Å²) in [5, 5.41) is 3.28. The van der Waals surface area contributed by atoms with Crippen LogP contribution in [0.5, 0.6) is 5.75 Å². The number of nitrogens with zero attached hydrogens (tertiary/aromatic N) is 2. The fourth-order valence-electron chi connectivity index (χ4n) is 3.63. The van der Waals surface area contributed by atoms with Crippen molar-refractivity contribution in [1.82, 2.24) is 9.55 Å². The van der Waals surface area contributed by atoms with Crippen molar-refractivity contribution in [1.29, 1.82) is 0 Å². The standard InChI is InChI=1S/C22H23N3O3/c1-13(2)28-21(26)19-14(3)23-22-24-17-10-5-6-11-18(17)25(22)20(19)15-8-7-9-16(12-15)27-4/h5-13,20H,1-4H3,(H,23,24)/t20-/m1/s1. The van der Waals surface area contributed by atoms with Crippen LogP contribution in [0, 0.1) is 0 Å². The van der Waals surface area contributed by atoms with Crippen LogP contribution in [-0.2, 0) is 9.53 Å². The van der Waals surface area contributed by atoms with Crippen LogP contribution in [0.15, 0.2) is 59.8 Å². The highest BCUT2D eigenvalue weighted by Gasteiger charge is 2.35. The van der Waals surface area contributed by atoms with Crippen LogP contribution in [0.4, 0.5) is 5.95 Å². The van der Waals surface area contributed by atoms with Gasteiger partial charge in [0.15, 0.2) is 0 Å². The van der Waals surface area contributed by atoms with Gasteiger partial charge in [0, 0.05) is 5.70 Å². The van der Waals surface area contributed by atoms with E-state index in [1.807, 2.05) is 73.9 Å². The molecule has 1 aliphatic heterocycles. The maximum absolute atomic E-state index is 13.0. The lowest BCUT2D eigenvalue weighted by Gasteiger charge is -2.30. The fraction of sp³-hybridized carbons (Fsp3) is 0.273. The number of nitrogens with one attached hydrogen (secondary N) is 1. The maximum Gasteiger partial charge on any atom is 0.338 e. The number of benzene rings is 2. The lowest BCUT2D eigenvalue weighted by atomic mass is 9.95. The van der Waals surface area contributed by atoms with Crippen molar-refractivity contribution in [3.8, 4) is 5.75 Å². The zero-order chi connectivity index (χ0) is 19.8. The smallest absolute Gasteiger partial charge is 0.338 e. The van der Waals surface area contributed by atoms with E-state index in [0.29, 0.717) is 11.5 Å². The number of hydrogen-bond acceptors (Lipinski definition) is 5. The van der Waals surface area contributed by atoms with Gasteiger partial charge in [-0.05, 0) is 50.6 Å². The van der Waals surface area contributed by atoms with E-state index >= 15 is 0 Å². The minimum atomic E-state index is -0.370. The highest BCUT2D eigenvalue weighted by atomic mass is 16.5. The SMILES string of the molecule is COc1cccc([C@@H]2C(C(=O)OC(C)C)=C(C)Nc3nc4ccccc4n32)c1. The molecule has 3 aromatic rings. The minimum absolute atomic E-state index is 0.209. The number of carbonyl (C=O) groups is 1. The molecule has 0 unspecified atom stereocenters. The van der Waals surface area contributed by atoms with Crippen LogP contribution in [-0.4, -0.2) is 28.7 Å². The van der Waals surface area contributed by atoms with Crippen molar-refractivity contribution in [2.24, 2.45) is 0 Å². The Morgan fingerprint density at radius 2 is 1.96 bits per heavy atom. The molecule has 0 fully saturated rings. The summed E-state index contributed by atoms with van der Waals surface area (Å²) < 4.78 is 13.0. The van der Waals surface area contributed by atoms with Gasteiger partial charge in [-0.15, -0.1) is 0 Å². The monoisotopic (exact) mass is 377 g/mol. The lowest BCUT2D eigenvalue weighted by Crippen LogP contribution is -2.30. The number of aromatic nitrogens is 2. The van der Waals surface area contributed by atoms with Crippen LogP contribution < -0.4 is 10.1 Å². The number of allylic oxidation sites excluding steroid dienone is 1. The predicted octanol–water partition coefficient (Wildman–Crippen LogP) is 4.29. The van der Waals surface area contributed by atoms with E-state index in [9.17, 15) is 4.79 Å². The van der Waals surface area contributed by atoms with Crippen molar-refractivity contribution in [3.63, 3.8) is 0 Å². The van der Waals surface area contributed by atoms with E-state index in [1.165, 1.54) is 0 Å². The Labute approximate surface area is 163 Å². The highest BCUT2D eigenvalue weighted by Crippen LogP contribution is 2.40. The van der Waals surface area contributed by atoms with E-state index < -0.39 is 0 Å². The van der Waals surface area contributed by atoms with Crippen LogP contribution in [0.25, 0.3) is 11.0 Å². The highest BCUT2D eigenvalue weighted by molar-refractivity contribution is 5.94. The summed E-state index contributed by atoms with van der Waals surface area (Å²) in [4.78, 5) is 17.8. The maximum atomic E-state index is 13.0. The Morgan fingerprint density at radius 1 is 1.18 bits per heavy atom. The van der Waals surface area contributed by atoms with Gasteiger partial charge in [0.25, 0.3) is 0 Å². The number of ether oxygens (including phenoxy) is 2. The van der Waals surface area contributed by atoms with Gasteiger partial charge in [0.1, 0.15) is 5.75 Å². The Hall–Kier alpha value is -3.28. The van der Waals surface area contributed by atoms with Gasteiger partial charge in [-0.1, -0.05) is 24.3 Å². The normalized spacial score (nSPS) is 16.1. The Morgan fingerprint density at radius 3 is 2.71 bits per heavy atom. The van der Waals surface area contributed by atoms with Crippen molar-refractivity contribution in [2.75, 3.05) is 12.4 Å². The van der Waals surface area contributed by atoms with Gasteiger partial charge in [-0.2, -0.15) is 0 Å². The van der Waals surface area contributed by atoms with Crippen molar-refractivity contribution in [2.45, 2.75) is 32.9 Å². The van der Waals surface area contributed by atoms with Crippen LogP contribution in [0.3, 0.4) is 0 Å². The Bertz CT molecular complexity index is 1080. The van der Waals surface area contributed by atoms with Crippen LogP contribution in [0.1, 0.15) is 32.4 Å². The van der Waals surface area contributed by atoms with E-state index in [4.69, 9.17) is 14.5 Å². The molecule has 0 spiro atoms. The van der Waals surface area contributed by atoms with Gasteiger partial charge in [-0.25, -0.2) is 9.78 Å². The van der Waals surface area contributed by atoms with Gasteiger partial charge in [-0.3, -0.25) is 4.57 Å². The molecule has 6 heteroatoms. The van der Waals surface area contributed by atoms with Crippen molar-refractivity contribution < 1.29 is 14.3 Å². The molecule has 6 nitrogen and oxygen atoms in total. The summed E-state index contributed by atoms with van der Waals surface area (Å²) in [7, 11) is 1.63. The molecular formula is C22H23N3O3. The molecule has 4 rings (SSSR count). The molecule has 1 aliphatic rings. The van der Waals surface area contributed by atoms with E-state index in [1.54, 1.807) is 7.11 Å². The van der Waals surface area contributed by atoms with Crippen LogP contribution >= 0.6 is 0 Å². The molecule has 0 bridgehead atoms. The number of esters is 1. The van der Waals surface area contributed by atoms with Crippen LogP contribution in [0.2, 0.25) is 0 Å². The molecule has 1 N–H and O–H groups in total. The lowest BCUT2D eigenvalue weighted by molar-refractivity contribution is -0.143. The second-order valence-corrected chi connectivity index (χ2v) is 7.09. The molecule has 0 amide bonds. The third-order valence-corrected chi connectivity index (χ3v) is 4.80. The predicted molar refractivity (Wildman–Crippen MR) is 108 cm³/mol. The van der Waals surface area contributed by atoms with Crippen molar-refractivity contribution in [3.05, 3.63) is 65.4 Å². The first-order chi connectivity index (χ1) is 13.5. The number of rotatable bonds is 4. The number of hydrogen-bond donors (Lipinski definition) is 1. The fourth-order valence-corrected chi connectivity index (χ4v) is 3.63. The molecule has 1 aromatic heterocycles. The van der Waals surface area contributed by atoms with Crippen molar-refractivity contribution >= 4 is 23.0 Å². The van der Waals surface area contributed by atoms with E-state index in [0.717, 1.165) is 28.0 Å². The summed E-state index contributed by atoms with van der Waals surface area (Å²) in [5.41, 5.74) is 4.04. The quantitative estimate of drug-likeness (QED) is 0.687. The first-order valence-electron chi connectivity index (χ1n) is 9.29. The minimum Gasteiger partial charge on any atom is -0.497 e. The van der Waals surface area contributed by atoms with E-state index in [-0.39, 0.29) is 18.1 Å². The summed E-state index contributed by atoms with van der Waals surface area (Å²) >= 11 is 0. The first kappa shape index (κ1) is 18.1. The summed E-state index contributed by atoms with van der Waals surface area (Å²) in [5.74, 6) is 1.10. The second-order valence-electron chi connectivity index (χ2n) is 7.09. The molecule has 0 saturated heterocycles. The molecule has 1 atom stereocenters. The molecule has 28 heavy (non-hydrogen) atoms. The molecular weight excluding hydrogens is 354 g/mol. The average molecular weight is 377 g/mol. The van der Waals surface area contributed by atoms with Gasteiger partial charge >= 0.3 is 5.97 Å². The zero-order valence-corrected chi connectivity index (χ0v) is 16.4. The Balaban J connectivity index is 1.96. The number of imidazole rings is 1. The largest absolute Gasteiger partial charge is 0.497 e. The summed E-state index contributed by atoms with van der Waals surface area (Å²) in [6, 6.07) is 15.3. The number of carbonyl (C=O) groups excluding carboxylic acids is 1. The molecule has 0 radical (unpaired) electrons. The Kier molecular flexibility index (Phi) is 4.55. The van der Waals surface area contributed by atoms with Gasteiger partial charge in [0.05, 0.1) is 35.9 Å². The third kappa shape index (κ3) is 3.01. The molecule has 2 aromatic carbocycles. The number of fused-ring (bicyclic) bond motifs is 3.